The Balaban J connectivity index is 1.68. The van der Waals surface area contributed by atoms with Crippen LogP contribution >= 0.6 is 11.3 Å². The number of carbonyl (C=O) groups is 2. The standard InChI is InChI=1S/C27H23N3O4S/c1-4-34-19-7-5-18(6-8-19)24(31)21-23(17-9-11-28-12-10-17)30(26(33)25(21)32)27-29-22-16(3)13-15(2)14-20(22)35-27/h5-14,23,31H,4H2,1-3H3. The summed E-state index contributed by atoms with van der Waals surface area (Å²) in [5.41, 5.74) is 3.96. The third-order valence-electron chi connectivity index (χ3n) is 5.93. The van der Waals surface area contributed by atoms with Crippen molar-refractivity contribution in [3.8, 4) is 5.75 Å². The van der Waals surface area contributed by atoms with E-state index in [1.165, 1.54) is 16.2 Å². The highest BCUT2D eigenvalue weighted by atomic mass is 32.1. The molecule has 1 amide bonds. The number of ketones is 1. The van der Waals surface area contributed by atoms with E-state index in [1.807, 2.05) is 32.9 Å². The number of nitrogens with zero attached hydrogens (tertiary/aromatic N) is 3. The molecule has 2 aromatic heterocycles. The molecule has 0 bridgehead atoms. The first-order chi connectivity index (χ1) is 16.9. The maximum atomic E-state index is 13.4. The molecule has 1 N–H and O–H groups in total. The Labute approximate surface area is 206 Å². The molecule has 2 aromatic carbocycles. The molecular weight excluding hydrogens is 462 g/mol. The molecule has 1 unspecified atom stereocenters. The van der Waals surface area contributed by atoms with Crippen molar-refractivity contribution >= 4 is 44.1 Å². The summed E-state index contributed by atoms with van der Waals surface area (Å²) in [5.74, 6) is -1.09. The Hall–Kier alpha value is -4.04. The third-order valence-corrected chi connectivity index (χ3v) is 6.93. The topological polar surface area (TPSA) is 92.6 Å². The predicted octanol–water partition coefficient (Wildman–Crippen LogP) is 5.33. The van der Waals surface area contributed by atoms with E-state index in [0.29, 0.717) is 28.6 Å². The number of carbonyl (C=O) groups excluding carboxylic acids is 2. The zero-order valence-corrected chi connectivity index (χ0v) is 20.3. The predicted molar refractivity (Wildman–Crippen MR) is 136 cm³/mol. The minimum Gasteiger partial charge on any atom is -0.507 e. The number of fused-ring (bicyclic) bond motifs is 1. The SMILES string of the molecule is CCOc1ccc(C(O)=C2C(=O)C(=O)N(c3nc4c(C)cc(C)cc4s3)C2c2ccncc2)cc1. The smallest absolute Gasteiger partial charge is 0.301 e. The molecule has 7 nitrogen and oxygen atoms in total. The van der Waals surface area contributed by atoms with Crippen molar-refractivity contribution in [2.75, 3.05) is 11.5 Å². The van der Waals surface area contributed by atoms with Crippen molar-refractivity contribution in [3.63, 3.8) is 0 Å². The molecule has 8 heteroatoms. The fourth-order valence-electron chi connectivity index (χ4n) is 4.38. The van der Waals surface area contributed by atoms with Gasteiger partial charge in [0, 0.05) is 18.0 Å². The summed E-state index contributed by atoms with van der Waals surface area (Å²) in [6.07, 6.45) is 3.19. The number of thiazole rings is 1. The number of aryl methyl sites for hydroxylation is 2. The summed E-state index contributed by atoms with van der Waals surface area (Å²) in [6, 6.07) is 13.4. The van der Waals surface area contributed by atoms with Gasteiger partial charge in [-0.05, 0) is 79.9 Å². The quantitative estimate of drug-likeness (QED) is 0.233. The number of Topliss-reactive ketones (excluding diaryl/α,β-unsaturated/α-hetero) is 1. The first-order valence-corrected chi connectivity index (χ1v) is 12.0. The van der Waals surface area contributed by atoms with Gasteiger partial charge >= 0.3 is 5.91 Å². The molecule has 1 aliphatic rings. The fourth-order valence-corrected chi connectivity index (χ4v) is 5.55. The van der Waals surface area contributed by atoms with Crippen LogP contribution in [0.1, 0.15) is 35.2 Å². The zero-order valence-electron chi connectivity index (χ0n) is 19.5. The second-order valence-electron chi connectivity index (χ2n) is 8.33. The number of ether oxygens (including phenoxy) is 1. The number of hydrogen-bond acceptors (Lipinski definition) is 7. The van der Waals surface area contributed by atoms with Crippen LogP contribution < -0.4 is 9.64 Å². The number of rotatable bonds is 5. The molecular formula is C27H23N3O4S. The minimum absolute atomic E-state index is 0.0116. The number of aliphatic hydroxyl groups excluding tert-OH is 1. The molecule has 0 aliphatic carbocycles. The fraction of sp³-hybridized carbons (Fsp3) is 0.185. The molecule has 35 heavy (non-hydrogen) atoms. The molecule has 4 aromatic rings. The van der Waals surface area contributed by atoms with Crippen LogP contribution in [0.3, 0.4) is 0 Å². The average molecular weight is 486 g/mol. The lowest BCUT2D eigenvalue weighted by Crippen LogP contribution is -2.29. The van der Waals surface area contributed by atoms with E-state index >= 15 is 0 Å². The molecule has 1 saturated heterocycles. The van der Waals surface area contributed by atoms with E-state index in [0.717, 1.165) is 21.3 Å². The number of benzene rings is 2. The Morgan fingerprint density at radius 3 is 2.49 bits per heavy atom. The van der Waals surface area contributed by atoms with Crippen LogP contribution in [-0.4, -0.2) is 33.4 Å². The summed E-state index contributed by atoms with van der Waals surface area (Å²) in [6.45, 7) is 6.37. The van der Waals surface area contributed by atoms with Crippen LogP contribution in [0.5, 0.6) is 5.75 Å². The van der Waals surface area contributed by atoms with Crippen molar-refractivity contribution in [3.05, 3.63) is 88.8 Å². The van der Waals surface area contributed by atoms with Gasteiger partial charge in [-0.1, -0.05) is 17.4 Å². The maximum Gasteiger partial charge on any atom is 0.301 e. The minimum atomic E-state index is -0.841. The van der Waals surface area contributed by atoms with E-state index in [9.17, 15) is 14.7 Å². The van der Waals surface area contributed by atoms with Crippen LogP contribution in [0.4, 0.5) is 5.13 Å². The molecule has 3 heterocycles. The molecule has 176 valence electrons. The Morgan fingerprint density at radius 2 is 1.80 bits per heavy atom. The average Bonchev–Trinajstić information content (AvgIpc) is 3.38. The van der Waals surface area contributed by atoms with Crippen LogP contribution in [0, 0.1) is 13.8 Å². The first-order valence-electron chi connectivity index (χ1n) is 11.2. The number of pyridine rings is 1. The summed E-state index contributed by atoms with van der Waals surface area (Å²) in [7, 11) is 0. The molecule has 0 saturated carbocycles. The highest BCUT2D eigenvalue weighted by Crippen LogP contribution is 2.44. The molecule has 1 atom stereocenters. The van der Waals surface area contributed by atoms with E-state index < -0.39 is 17.7 Å². The van der Waals surface area contributed by atoms with Gasteiger partial charge in [0.15, 0.2) is 5.13 Å². The van der Waals surface area contributed by atoms with E-state index in [1.54, 1.807) is 48.8 Å². The molecule has 0 spiro atoms. The molecule has 5 rings (SSSR count). The van der Waals surface area contributed by atoms with Gasteiger partial charge in [-0.3, -0.25) is 19.5 Å². The van der Waals surface area contributed by atoms with Crippen molar-refractivity contribution in [1.29, 1.82) is 0 Å². The van der Waals surface area contributed by atoms with Crippen molar-refractivity contribution in [1.82, 2.24) is 9.97 Å². The summed E-state index contributed by atoms with van der Waals surface area (Å²) in [4.78, 5) is 36.9. The highest BCUT2D eigenvalue weighted by molar-refractivity contribution is 7.22. The van der Waals surface area contributed by atoms with E-state index in [2.05, 4.69) is 4.98 Å². The summed E-state index contributed by atoms with van der Waals surface area (Å²) in [5, 5.41) is 11.7. The molecule has 1 aliphatic heterocycles. The van der Waals surface area contributed by atoms with Crippen LogP contribution in [0.15, 0.2) is 66.5 Å². The van der Waals surface area contributed by atoms with Gasteiger partial charge in [0.2, 0.25) is 0 Å². The van der Waals surface area contributed by atoms with Gasteiger partial charge in [-0.25, -0.2) is 4.98 Å². The summed E-state index contributed by atoms with van der Waals surface area (Å²) >= 11 is 1.35. The lowest BCUT2D eigenvalue weighted by atomic mass is 9.96. The van der Waals surface area contributed by atoms with E-state index in [4.69, 9.17) is 9.72 Å². The largest absolute Gasteiger partial charge is 0.507 e. The van der Waals surface area contributed by atoms with Gasteiger partial charge in [-0.15, -0.1) is 0 Å². The normalized spacial score (nSPS) is 17.3. The monoisotopic (exact) mass is 485 g/mol. The van der Waals surface area contributed by atoms with Crippen LogP contribution in [0.25, 0.3) is 16.0 Å². The third kappa shape index (κ3) is 3.95. The van der Waals surface area contributed by atoms with E-state index in [-0.39, 0.29) is 11.3 Å². The van der Waals surface area contributed by atoms with Crippen molar-refractivity contribution < 1.29 is 19.4 Å². The van der Waals surface area contributed by atoms with Gasteiger partial charge < -0.3 is 9.84 Å². The van der Waals surface area contributed by atoms with Gasteiger partial charge in [-0.2, -0.15) is 0 Å². The second kappa shape index (κ2) is 8.96. The summed E-state index contributed by atoms with van der Waals surface area (Å²) < 4.78 is 6.41. The number of anilines is 1. The number of hydrogen-bond donors (Lipinski definition) is 1. The molecule has 1 fully saturated rings. The zero-order chi connectivity index (χ0) is 24.7. The number of aliphatic hydroxyl groups is 1. The van der Waals surface area contributed by atoms with Crippen molar-refractivity contribution in [2.45, 2.75) is 26.8 Å². The van der Waals surface area contributed by atoms with Crippen LogP contribution in [-0.2, 0) is 9.59 Å². The highest BCUT2D eigenvalue weighted by Gasteiger charge is 2.48. The lowest BCUT2D eigenvalue weighted by Gasteiger charge is -2.22. The first kappa shape index (κ1) is 22.7. The molecule has 0 radical (unpaired) electrons. The Morgan fingerprint density at radius 1 is 1.09 bits per heavy atom. The van der Waals surface area contributed by atoms with Crippen molar-refractivity contribution in [2.24, 2.45) is 0 Å². The Bertz CT molecular complexity index is 1480. The number of amides is 1. The maximum absolute atomic E-state index is 13.4. The Kier molecular flexibility index (Phi) is 5.82. The van der Waals surface area contributed by atoms with Gasteiger partial charge in [0.1, 0.15) is 11.5 Å². The van der Waals surface area contributed by atoms with Gasteiger partial charge in [0.25, 0.3) is 5.78 Å². The second-order valence-corrected chi connectivity index (χ2v) is 9.34. The number of aromatic nitrogens is 2. The van der Waals surface area contributed by atoms with Crippen LogP contribution in [0.2, 0.25) is 0 Å². The lowest BCUT2D eigenvalue weighted by molar-refractivity contribution is -0.132. The van der Waals surface area contributed by atoms with Gasteiger partial charge in [0.05, 0.1) is 28.4 Å².